The third-order valence-corrected chi connectivity index (χ3v) is 5.93. The van der Waals surface area contributed by atoms with Gasteiger partial charge in [0.15, 0.2) is 0 Å². The lowest BCUT2D eigenvalue weighted by Gasteiger charge is -2.18. The largest absolute Gasteiger partial charge is 0.496 e. The number of carboxylic acids is 1. The molecule has 196 valence electrons. The summed E-state index contributed by atoms with van der Waals surface area (Å²) in [6.07, 6.45) is -2.56. The van der Waals surface area contributed by atoms with Gasteiger partial charge in [0, 0.05) is 28.4 Å². The van der Waals surface area contributed by atoms with Crippen LogP contribution < -0.4 is 10.1 Å². The van der Waals surface area contributed by atoms with Crippen molar-refractivity contribution in [1.29, 1.82) is 0 Å². The standard InChI is InChI=1S/C25H25ClN2O2.C2HF3O2/c1-30-24-12-9-20(15-21(24)17-28-13-2-3-14-28)19-5-4-6-23(16-19)27-25(29)18-7-10-22(26)11-8-18;3-2(4,5)1(6)7/h4-12,15-16H,2-3,13-14,17H2,1H3,(H,27,29);(H,6,7). The van der Waals surface area contributed by atoms with Crippen molar-refractivity contribution in [3.63, 3.8) is 0 Å². The van der Waals surface area contributed by atoms with Gasteiger partial charge in [-0.05, 0) is 85.6 Å². The number of rotatable bonds is 6. The van der Waals surface area contributed by atoms with Gasteiger partial charge in [-0.15, -0.1) is 0 Å². The third-order valence-electron chi connectivity index (χ3n) is 5.68. The van der Waals surface area contributed by atoms with Crippen LogP contribution in [0.25, 0.3) is 11.1 Å². The van der Waals surface area contributed by atoms with Gasteiger partial charge in [-0.3, -0.25) is 9.69 Å². The average molecular weight is 535 g/mol. The van der Waals surface area contributed by atoms with Gasteiger partial charge < -0.3 is 15.2 Å². The Kier molecular flexibility index (Phi) is 9.54. The van der Waals surface area contributed by atoms with Gasteiger partial charge in [0.25, 0.3) is 5.91 Å². The summed E-state index contributed by atoms with van der Waals surface area (Å²) in [5, 5.41) is 10.7. The zero-order valence-corrected chi connectivity index (χ0v) is 20.8. The average Bonchev–Trinajstić information content (AvgIpc) is 3.37. The second-order valence-electron chi connectivity index (χ2n) is 8.35. The molecule has 0 spiro atoms. The van der Waals surface area contributed by atoms with Gasteiger partial charge in [0.1, 0.15) is 5.75 Å². The summed E-state index contributed by atoms with van der Waals surface area (Å²) in [6.45, 7) is 3.17. The van der Waals surface area contributed by atoms with Crippen molar-refractivity contribution in [2.75, 3.05) is 25.5 Å². The van der Waals surface area contributed by atoms with Crippen molar-refractivity contribution in [1.82, 2.24) is 4.90 Å². The number of hydrogen-bond donors (Lipinski definition) is 2. The van der Waals surface area contributed by atoms with Crippen molar-refractivity contribution >= 4 is 29.2 Å². The molecule has 0 atom stereocenters. The molecule has 0 saturated carbocycles. The van der Waals surface area contributed by atoms with E-state index in [1.54, 1.807) is 31.4 Å². The van der Waals surface area contributed by atoms with Crippen LogP contribution in [0.4, 0.5) is 18.9 Å². The Morgan fingerprint density at radius 2 is 1.62 bits per heavy atom. The van der Waals surface area contributed by atoms with Crippen LogP contribution in [0, 0.1) is 0 Å². The summed E-state index contributed by atoms with van der Waals surface area (Å²) >= 11 is 5.91. The number of alkyl halides is 3. The van der Waals surface area contributed by atoms with Crippen molar-refractivity contribution in [3.05, 3.63) is 82.9 Å². The molecule has 3 aromatic carbocycles. The molecule has 1 aliphatic rings. The summed E-state index contributed by atoms with van der Waals surface area (Å²) in [5.74, 6) is -2.00. The van der Waals surface area contributed by atoms with E-state index in [1.807, 2.05) is 24.3 Å². The number of nitrogens with one attached hydrogen (secondary N) is 1. The maximum absolute atomic E-state index is 12.5. The quantitative estimate of drug-likeness (QED) is 0.377. The fourth-order valence-corrected chi connectivity index (χ4v) is 3.97. The highest BCUT2D eigenvalue weighted by Crippen LogP contribution is 2.30. The molecule has 3 aromatic rings. The van der Waals surface area contributed by atoms with Crippen molar-refractivity contribution < 1.29 is 32.6 Å². The molecule has 0 unspecified atom stereocenters. The molecule has 4 rings (SSSR count). The smallest absolute Gasteiger partial charge is 0.490 e. The van der Waals surface area contributed by atoms with Crippen LogP contribution in [-0.4, -0.2) is 48.3 Å². The molecule has 0 radical (unpaired) electrons. The van der Waals surface area contributed by atoms with Crippen molar-refractivity contribution in [2.45, 2.75) is 25.6 Å². The maximum Gasteiger partial charge on any atom is 0.490 e. The highest BCUT2D eigenvalue weighted by molar-refractivity contribution is 6.30. The van der Waals surface area contributed by atoms with Crippen molar-refractivity contribution in [2.24, 2.45) is 0 Å². The molecule has 2 N–H and O–H groups in total. The number of halogens is 4. The number of aliphatic carboxylic acids is 1. The van der Waals surface area contributed by atoms with Crippen LogP contribution in [0.2, 0.25) is 5.02 Å². The second kappa shape index (κ2) is 12.6. The Balaban J connectivity index is 0.000000479. The number of likely N-dealkylation sites (tertiary alicyclic amines) is 1. The van der Waals surface area contributed by atoms with Crippen LogP contribution in [0.1, 0.15) is 28.8 Å². The van der Waals surface area contributed by atoms with E-state index in [-0.39, 0.29) is 5.91 Å². The molecule has 1 heterocycles. The number of methoxy groups -OCH3 is 1. The minimum atomic E-state index is -5.08. The Hall–Kier alpha value is -3.56. The van der Waals surface area contributed by atoms with Crippen LogP contribution >= 0.6 is 11.6 Å². The fourth-order valence-electron chi connectivity index (χ4n) is 3.84. The summed E-state index contributed by atoms with van der Waals surface area (Å²) in [5.41, 5.74) is 4.67. The van der Waals surface area contributed by atoms with Crippen LogP contribution in [0.5, 0.6) is 5.75 Å². The maximum atomic E-state index is 12.5. The molecule has 0 bridgehead atoms. The number of nitrogens with zero attached hydrogens (tertiary/aromatic N) is 1. The number of amides is 1. The SMILES string of the molecule is COc1ccc(-c2cccc(NC(=O)c3ccc(Cl)cc3)c2)cc1CN1CCCC1.O=C(O)C(F)(F)F. The van der Waals surface area contributed by atoms with E-state index in [0.29, 0.717) is 10.6 Å². The highest BCUT2D eigenvalue weighted by atomic mass is 35.5. The van der Waals surface area contributed by atoms with E-state index in [4.69, 9.17) is 26.2 Å². The molecule has 6 nitrogen and oxygen atoms in total. The first-order chi connectivity index (χ1) is 17.6. The molecular formula is C27H26ClF3N2O4. The Morgan fingerprint density at radius 3 is 2.22 bits per heavy atom. The number of ether oxygens (including phenoxy) is 1. The molecule has 0 aromatic heterocycles. The first-order valence-corrected chi connectivity index (χ1v) is 11.8. The van der Waals surface area contributed by atoms with E-state index in [2.05, 4.69) is 28.4 Å². The lowest BCUT2D eigenvalue weighted by molar-refractivity contribution is -0.192. The normalized spacial score (nSPS) is 13.4. The minimum absolute atomic E-state index is 0.159. The van der Waals surface area contributed by atoms with Gasteiger partial charge in [0.05, 0.1) is 7.11 Å². The van der Waals surface area contributed by atoms with E-state index >= 15 is 0 Å². The van der Waals surface area contributed by atoms with Crippen LogP contribution in [0.3, 0.4) is 0 Å². The summed E-state index contributed by atoms with van der Waals surface area (Å²) in [6, 6.07) is 21.0. The van der Waals surface area contributed by atoms with Crippen LogP contribution in [0.15, 0.2) is 66.7 Å². The molecule has 1 aliphatic heterocycles. The highest BCUT2D eigenvalue weighted by Gasteiger charge is 2.38. The first kappa shape index (κ1) is 28.0. The van der Waals surface area contributed by atoms with Crippen molar-refractivity contribution in [3.8, 4) is 16.9 Å². The third kappa shape index (κ3) is 8.23. The zero-order chi connectivity index (χ0) is 27.0. The molecule has 37 heavy (non-hydrogen) atoms. The molecule has 10 heteroatoms. The molecule has 0 aliphatic carbocycles. The lowest BCUT2D eigenvalue weighted by atomic mass is 10.0. The van der Waals surface area contributed by atoms with Gasteiger partial charge >= 0.3 is 12.1 Å². The van der Waals surface area contributed by atoms with Gasteiger partial charge in [0.2, 0.25) is 0 Å². The Morgan fingerprint density at radius 1 is 1.00 bits per heavy atom. The van der Waals surface area contributed by atoms with Gasteiger partial charge in [-0.25, -0.2) is 4.79 Å². The van der Waals surface area contributed by atoms with E-state index in [0.717, 1.165) is 42.2 Å². The lowest BCUT2D eigenvalue weighted by Crippen LogP contribution is -2.21. The second-order valence-corrected chi connectivity index (χ2v) is 8.79. The summed E-state index contributed by atoms with van der Waals surface area (Å²) in [4.78, 5) is 23.9. The number of hydrogen-bond acceptors (Lipinski definition) is 4. The predicted molar refractivity (Wildman–Crippen MR) is 136 cm³/mol. The van der Waals surface area contributed by atoms with E-state index in [1.165, 1.54) is 18.4 Å². The van der Waals surface area contributed by atoms with E-state index < -0.39 is 12.1 Å². The minimum Gasteiger partial charge on any atom is -0.496 e. The summed E-state index contributed by atoms with van der Waals surface area (Å²) < 4.78 is 37.3. The topological polar surface area (TPSA) is 78.9 Å². The number of anilines is 1. The monoisotopic (exact) mass is 534 g/mol. The molecule has 1 fully saturated rings. The van der Waals surface area contributed by atoms with E-state index in [9.17, 15) is 18.0 Å². The Labute approximate surface area is 217 Å². The molecule has 1 saturated heterocycles. The first-order valence-electron chi connectivity index (χ1n) is 11.4. The number of carbonyl (C=O) groups is 2. The number of carboxylic acid groups (broad SMARTS) is 1. The fraction of sp³-hybridized carbons (Fsp3) is 0.259. The predicted octanol–water partition coefficient (Wildman–Crippen LogP) is 6.50. The summed E-state index contributed by atoms with van der Waals surface area (Å²) in [7, 11) is 1.72. The van der Waals surface area contributed by atoms with Gasteiger partial charge in [-0.1, -0.05) is 29.8 Å². The van der Waals surface area contributed by atoms with Crippen LogP contribution in [-0.2, 0) is 11.3 Å². The Bertz CT molecular complexity index is 1230. The molecule has 1 amide bonds. The zero-order valence-electron chi connectivity index (χ0n) is 20.0. The van der Waals surface area contributed by atoms with Gasteiger partial charge in [-0.2, -0.15) is 13.2 Å². The number of benzene rings is 3. The molecular weight excluding hydrogens is 509 g/mol. The number of carbonyl (C=O) groups excluding carboxylic acids is 1.